The van der Waals surface area contributed by atoms with Gasteiger partial charge in [0.1, 0.15) is 8.07 Å². The first-order valence-electron chi connectivity index (χ1n) is 22.1. The van der Waals surface area contributed by atoms with Crippen LogP contribution in [0.25, 0.3) is 56.3 Å². The average Bonchev–Trinajstić information content (AvgIpc) is 3.89. The molecule has 8 aromatic carbocycles. The number of benzene rings is 8. The summed E-state index contributed by atoms with van der Waals surface area (Å²) in [6.45, 7) is 19.1. The maximum atomic E-state index is 2.63. The largest absolute Gasteiger partial charge is 0.311 e. The minimum absolute atomic E-state index is 0.0671. The van der Waals surface area contributed by atoms with Crippen LogP contribution in [0.2, 0.25) is 13.1 Å². The van der Waals surface area contributed by atoms with E-state index in [1.165, 1.54) is 111 Å². The molecule has 0 atom stereocenters. The molecule has 1 heterocycles. The first-order valence-corrected chi connectivity index (χ1v) is 25.1. The van der Waals surface area contributed by atoms with E-state index in [0.717, 1.165) is 0 Å². The molecule has 1 aliphatic heterocycles. The van der Waals surface area contributed by atoms with Crippen LogP contribution in [0.1, 0.15) is 86.1 Å². The third-order valence-corrected chi connectivity index (χ3v) is 18.3. The van der Waals surface area contributed by atoms with Gasteiger partial charge in [-0.05, 0) is 140 Å². The van der Waals surface area contributed by atoms with E-state index in [1.54, 1.807) is 5.19 Å². The van der Waals surface area contributed by atoms with Crippen LogP contribution < -0.4 is 15.3 Å². The van der Waals surface area contributed by atoms with Gasteiger partial charge in [-0.25, -0.2) is 0 Å². The van der Waals surface area contributed by atoms with Crippen molar-refractivity contribution in [1.82, 2.24) is 0 Å². The van der Waals surface area contributed by atoms with E-state index in [1.807, 2.05) is 0 Å². The molecule has 0 aromatic heterocycles. The van der Waals surface area contributed by atoms with Crippen molar-refractivity contribution in [3.8, 4) is 33.4 Å². The molecule has 1 spiro atoms. The zero-order chi connectivity index (χ0) is 41.8. The Morgan fingerprint density at radius 2 is 0.902 bits per heavy atom. The third kappa shape index (κ3) is 4.77. The zero-order valence-electron chi connectivity index (χ0n) is 36.5. The quantitative estimate of drug-likeness (QED) is 0.161. The summed E-state index contributed by atoms with van der Waals surface area (Å²) in [6.07, 6.45) is 4.65. The summed E-state index contributed by atoms with van der Waals surface area (Å²) in [7, 11) is -2.47. The zero-order valence-corrected chi connectivity index (χ0v) is 37.5. The molecule has 4 aliphatic rings. The molecule has 296 valence electrons. The Bertz CT molecular complexity index is 3100. The number of hydrogen-bond acceptors (Lipinski definition) is 1. The van der Waals surface area contributed by atoms with Gasteiger partial charge in [0, 0.05) is 17.1 Å². The highest BCUT2D eigenvalue weighted by Gasteiger charge is 2.53. The van der Waals surface area contributed by atoms with E-state index in [-0.39, 0.29) is 10.8 Å². The second kappa shape index (κ2) is 12.2. The first-order chi connectivity index (χ1) is 29.3. The third-order valence-electron chi connectivity index (χ3n) is 14.7. The molecular weight excluding hydrogens is 751 g/mol. The monoisotopic (exact) mass is 801 g/mol. The number of fused-ring (bicyclic) bond motifs is 13. The first kappa shape index (κ1) is 36.6. The minimum Gasteiger partial charge on any atom is -0.311 e. The molecule has 0 bridgehead atoms. The predicted molar refractivity (Wildman–Crippen MR) is 263 cm³/mol. The molecule has 0 saturated carbocycles. The van der Waals surface area contributed by atoms with Crippen LogP contribution >= 0.6 is 0 Å². The number of rotatable bonds is 3. The summed E-state index contributed by atoms with van der Waals surface area (Å²) in [6, 6.07) is 59.1. The fourth-order valence-electron chi connectivity index (χ4n) is 11.9. The second-order valence-electron chi connectivity index (χ2n) is 20.5. The molecule has 0 radical (unpaired) electrons. The van der Waals surface area contributed by atoms with Gasteiger partial charge in [0.25, 0.3) is 0 Å². The fraction of sp³-hybridized carbons (Fsp3) is 0.186. The Kier molecular flexibility index (Phi) is 7.33. The normalized spacial score (nSPS) is 15.4. The lowest BCUT2D eigenvalue weighted by molar-refractivity contribution is 0.590. The lowest BCUT2D eigenvalue weighted by Gasteiger charge is -2.42. The van der Waals surface area contributed by atoms with Crippen molar-refractivity contribution in [2.45, 2.75) is 70.9 Å². The minimum atomic E-state index is -2.47. The van der Waals surface area contributed by atoms with Crippen LogP contribution in [0.15, 0.2) is 152 Å². The van der Waals surface area contributed by atoms with E-state index < -0.39 is 13.5 Å². The topological polar surface area (TPSA) is 3.24 Å². The molecule has 0 amide bonds. The lowest BCUT2D eigenvalue weighted by Crippen LogP contribution is -2.52. The molecule has 0 saturated heterocycles. The maximum Gasteiger partial charge on any atom is 0.117 e. The van der Waals surface area contributed by atoms with E-state index in [2.05, 4.69) is 223 Å². The molecular formula is C59H51NSi. The van der Waals surface area contributed by atoms with E-state index in [9.17, 15) is 0 Å². The Hall–Kier alpha value is -6.22. The van der Waals surface area contributed by atoms with Gasteiger partial charge >= 0.3 is 0 Å². The molecule has 12 rings (SSSR count). The van der Waals surface area contributed by atoms with Gasteiger partial charge in [-0.2, -0.15) is 0 Å². The van der Waals surface area contributed by atoms with Crippen LogP contribution in [-0.4, -0.2) is 8.07 Å². The van der Waals surface area contributed by atoms with Crippen LogP contribution in [0.5, 0.6) is 0 Å². The maximum absolute atomic E-state index is 2.63. The number of hydrogen-bond donors (Lipinski definition) is 0. The Labute approximate surface area is 362 Å². The predicted octanol–water partition coefficient (Wildman–Crippen LogP) is 14.5. The van der Waals surface area contributed by atoms with Gasteiger partial charge in [-0.1, -0.05) is 188 Å². The molecule has 0 N–H and O–H groups in total. The smallest absolute Gasteiger partial charge is 0.117 e. The SMILES string of the molecule is CC(C)(C)c1ccc(N(c2ccc(C(C)(C)C)cc2)c2cccc3c2[Si](C)(C)c2c-3ccc3c2-c2ccc4c5c(ccc(c25)C32c3ccccc3-c3ccccc32)C=C4)cc1. The summed E-state index contributed by atoms with van der Waals surface area (Å²) in [5.41, 5.74) is 22.7. The summed E-state index contributed by atoms with van der Waals surface area (Å²) in [4.78, 5) is 2.55. The van der Waals surface area contributed by atoms with Gasteiger partial charge in [-0.3, -0.25) is 0 Å². The summed E-state index contributed by atoms with van der Waals surface area (Å²) >= 11 is 0. The lowest BCUT2D eigenvalue weighted by atomic mass is 9.61. The van der Waals surface area contributed by atoms with E-state index in [0.29, 0.717) is 0 Å². The Morgan fingerprint density at radius 3 is 1.48 bits per heavy atom. The van der Waals surface area contributed by atoms with Gasteiger partial charge < -0.3 is 4.90 Å². The van der Waals surface area contributed by atoms with Crippen molar-refractivity contribution < 1.29 is 0 Å². The number of nitrogens with zero attached hydrogens (tertiary/aromatic N) is 1. The molecule has 0 unspecified atom stereocenters. The van der Waals surface area contributed by atoms with Crippen molar-refractivity contribution in [3.05, 3.63) is 196 Å². The van der Waals surface area contributed by atoms with Crippen molar-refractivity contribution >= 4 is 58.4 Å². The second-order valence-corrected chi connectivity index (χ2v) is 24.7. The number of anilines is 3. The highest BCUT2D eigenvalue weighted by molar-refractivity contribution is 7.05. The molecule has 0 fully saturated rings. The summed E-state index contributed by atoms with van der Waals surface area (Å²) in [5.74, 6) is 0. The van der Waals surface area contributed by atoms with Crippen LogP contribution in [0.3, 0.4) is 0 Å². The van der Waals surface area contributed by atoms with Gasteiger partial charge in [-0.15, -0.1) is 0 Å². The van der Waals surface area contributed by atoms with Gasteiger partial charge in [0.15, 0.2) is 0 Å². The van der Waals surface area contributed by atoms with E-state index in [4.69, 9.17) is 0 Å². The van der Waals surface area contributed by atoms with Crippen molar-refractivity contribution in [3.63, 3.8) is 0 Å². The highest BCUT2D eigenvalue weighted by Crippen LogP contribution is 2.63. The van der Waals surface area contributed by atoms with Crippen LogP contribution in [0.4, 0.5) is 17.1 Å². The molecule has 2 heteroatoms. The molecule has 3 aliphatic carbocycles. The Balaban J connectivity index is 1.15. The standard InChI is InChI=1S/C59H51NSi/c1-57(2,3)38-24-28-40(29-25-38)60(41-30-26-39(27-31-41)58(4,5)6)51-19-13-16-44-45-33-35-50-54(56(45)61(7,8)55(44)51)46-32-22-36-20-21-37-23-34-49(53(46)52(36)37)59(50)47-17-11-9-14-42(47)43-15-10-12-18-48(43)59/h9-35H,1-8H3. The van der Waals surface area contributed by atoms with E-state index >= 15 is 0 Å². The highest BCUT2D eigenvalue weighted by atomic mass is 28.3. The molecule has 8 aromatic rings. The summed E-state index contributed by atoms with van der Waals surface area (Å²) < 4.78 is 0. The van der Waals surface area contributed by atoms with Crippen LogP contribution in [-0.2, 0) is 16.2 Å². The molecule has 1 nitrogen and oxygen atoms in total. The molecule has 61 heavy (non-hydrogen) atoms. The van der Waals surface area contributed by atoms with Crippen LogP contribution in [0, 0.1) is 0 Å². The van der Waals surface area contributed by atoms with Gasteiger partial charge in [0.05, 0.1) is 5.41 Å². The van der Waals surface area contributed by atoms with Crippen molar-refractivity contribution in [2.24, 2.45) is 0 Å². The Morgan fingerprint density at radius 1 is 0.410 bits per heavy atom. The van der Waals surface area contributed by atoms with Crippen molar-refractivity contribution in [1.29, 1.82) is 0 Å². The average molecular weight is 802 g/mol. The van der Waals surface area contributed by atoms with Gasteiger partial charge in [0.2, 0.25) is 0 Å². The van der Waals surface area contributed by atoms with Crippen molar-refractivity contribution in [2.75, 3.05) is 4.90 Å². The summed E-state index contributed by atoms with van der Waals surface area (Å²) in [5, 5.41) is 5.90. The fourth-order valence-corrected chi connectivity index (χ4v) is 15.7.